The Morgan fingerprint density at radius 1 is 0.941 bits per heavy atom. The van der Waals surface area contributed by atoms with Crippen LogP contribution >= 0.6 is 0 Å². The Kier molecular flexibility index (Phi) is 12.0. The van der Waals surface area contributed by atoms with Crippen LogP contribution in [0.2, 0.25) is 0 Å². The number of carbonyl (C=O) groups excluding carboxylic acids is 2. The van der Waals surface area contributed by atoms with E-state index in [1.165, 1.54) is 0 Å². The molecule has 0 bridgehead atoms. The quantitative estimate of drug-likeness (QED) is 0.192. The van der Waals surface area contributed by atoms with Crippen LogP contribution in [0.1, 0.15) is 24.2 Å². The van der Waals surface area contributed by atoms with E-state index in [9.17, 15) is 19.2 Å². The number of hydrogen-bond donors (Lipinski definition) is 6. The molecule has 14 heteroatoms. The Morgan fingerprint density at radius 3 is 1.85 bits per heavy atom. The first-order chi connectivity index (χ1) is 16.1. The van der Waals surface area contributed by atoms with E-state index in [1.54, 1.807) is 48.3 Å². The number of rotatable bonds is 12. The van der Waals surface area contributed by atoms with Gasteiger partial charge in [-0.1, -0.05) is 0 Å². The topological polar surface area (TPSA) is 220 Å². The van der Waals surface area contributed by atoms with E-state index in [0.29, 0.717) is 5.69 Å². The van der Waals surface area contributed by atoms with Crippen molar-refractivity contribution < 1.29 is 29.4 Å². The van der Waals surface area contributed by atoms with E-state index < -0.39 is 24.0 Å². The van der Waals surface area contributed by atoms with Gasteiger partial charge in [0.05, 0.1) is 18.3 Å². The molecule has 0 radical (unpaired) electrons. The highest BCUT2D eigenvalue weighted by Gasteiger charge is 2.22. The monoisotopic (exact) mass is 480 g/mol. The van der Waals surface area contributed by atoms with Crippen LogP contribution in [0.3, 0.4) is 0 Å². The van der Waals surface area contributed by atoms with Crippen LogP contribution in [0.25, 0.3) is 0 Å². The third kappa shape index (κ3) is 10.2. The minimum Gasteiger partial charge on any atom is -0.480 e. The fourth-order valence-electron chi connectivity index (χ4n) is 2.77. The Morgan fingerprint density at radius 2 is 1.47 bits per heavy atom. The lowest BCUT2D eigenvalue weighted by molar-refractivity contribution is -0.142. The van der Waals surface area contributed by atoms with E-state index >= 15 is 0 Å². The molecule has 0 unspecified atom stereocenters. The van der Waals surface area contributed by atoms with Crippen LogP contribution in [-0.4, -0.2) is 78.2 Å². The molecular weight excluding hydrogens is 448 g/mol. The third-order valence-corrected chi connectivity index (χ3v) is 4.51. The zero-order chi connectivity index (χ0) is 25.7. The fraction of sp³-hybridized carbons (Fsp3) is 0.500. The molecule has 0 saturated carbocycles. The third-order valence-electron chi connectivity index (χ3n) is 4.51. The normalized spacial score (nSPS) is 12.1. The molecule has 0 aliphatic heterocycles. The number of aromatic nitrogens is 4. The number of nitrogens with one attached hydrogen (secondary N) is 2. The molecule has 188 valence electrons. The standard InChI is InChI=1S/2C10H16N4O3/c1-14-5-7(12-6-14)4-8(10(16)17)13-9(15)2-3-11;1-14-6-12-5-7(14)4-8(10(16)17)13-9(15)2-3-11/h2*5-6,8H,2-4,11H2,1H3,(H,13,15)(H,16,17)/t2*8-/m00/s1. The average Bonchev–Trinajstić information content (AvgIpc) is 3.35. The highest BCUT2D eigenvalue weighted by atomic mass is 16.4. The summed E-state index contributed by atoms with van der Waals surface area (Å²) in [6.45, 7) is 0.394. The summed E-state index contributed by atoms with van der Waals surface area (Å²) in [6, 6.07) is -1.92. The number of carboxylic acid groups (broad SMARTS) is 2. The van der Waals surface area contributed by atoms with Gasteiger partial charge < -0.3 is 41.4 Å². The smallest absolute Gasteiger partial charge is 0.326 e. The second-order valence-corrected chi connectivity index (χ2v) is 7.43. The number of nitrogens with zero attached hydrogens (tertiary/aromatic N) is 4. The minimum atomic E-state index is -1.08. The zero-order valence-corrected chi connectivity index (χ0v) is 19.2. The largest absolute Gasteiger partial charge is 0.480 e. The molecule has 0 aliphatic rings. The van der Waals surface area contributed by atoms with Crippen LogP contribution in [0, 0.1) is 0 Å². The molecule has 2 atom stereocenters. The summed E-state index contributed by atoms with van der Waals surface area (Å²) in [5.41, 5.74) is 11.8. The molecule has 2 aromatic rings. The van der Waals surface area contributed by atoms with Crippen molar-refractivity contribution in [3.63, 3.8) is 0 Å². The lowest BCUT2D eigenvalue weighted by Gasteiger charge is -2.14. The Hall–Kier alpha value is -3.78. The molecule has 0 aliphatic carbocycles. The van der Waals surface area contributed by atoms with Gasteiger partial charge in [-0.3, -0.25) is 9.59 Å². The van der Waals surface area contributed by atoms with Gasteiger partial charge in [-0.05, 0) is 0 Å². The molecule has 2 amide bonds. The highest BCUT2D eigenvalue weighted by Crippen LogP contribution is 2.03. The number of nitrogens with two attached hydrogens (primary N) is 2. The van der Waals surface area contributed by atoms with Crippen LogP contribution in [0.15, 0.2) is 25.0 Å². The summed E-state index contributed by atoms with van der Waals surface area (Å²) >= 11 is 0. The van der Waals surface area contributed by atoms with Gasteiger partial charge in [0.25, 0.3) is 0 Å². The molecule has 14 nitrogen and oxygen atoms in total. The molecule has 0 fully saturated rings. The number of aryl methyl sites for hydroxylation is 2. The maximum atomic E-state index is 11.3. The number of hydrogen-bond acceptors (Lipinski definition) is 8. The van der Waals surface area contributed by atoms with E-state index in [2.05, 4.69) is 20.6 Å². The molecule has 2 aromatic heterocycles. The van der Waals surface area contributed by atoms with Crippen molar-refractivity contribution in [3.05, 3.63) is 36.4 Å². The van der Waals surface area contributed by atoms with Crippen molar-refractivity contribution in [1.29, 1.82) is 0 Å². The second-order valence-electron chi connectivity index (χ2n) is 7.43. The zero-order valence-electron chi connectivity index (χ0n) is 19.2. The molecule has 0 aromatic carbocycles. The number of carbonyl (C=O) groups is 4. The van der Waals surface area contributed by atoms with Gasteiger partial charge >= 0.3 is 11.9 Å². The van der Waals surface area contributed by atoms with Gasteiger partial charge in [-0.2, -0.15) is 0 Å². The summed E-state index contributed by atoms with van der Waals surface area (Å²) in [7, 11) is 3.56. The first-order valence-electron chi connectivity index (χ1n) is 10.4. The molecular formula is C20H32N8O6. The maximum absolute atomic E-state index is 11.3. The van der Waals surface area contributed by atoms with E-state index in [1.807, 2.05) is 0 Å². The predicted molar refractivity (Wildman–Crippen MR) is 120 cm³/mol. The number of carboxylic acids is 2. The number of aliphatic carboxylic acids is 2. The van der Waals surface area contributed by atoms with Gasteiger partial charge in [0.1, 0.15) is 12.1 Å². The molecule has 8 N–H and O–H groups in total. The summed E-state index contributed by atoms with van der Waals surface area (Å²) in [6.07, 6.45) is 7.04. The minimum absolute atomic E-state index is 0.117. The van der Waals surface area contributed by atoms with Gasteiger partial charge in [0.2, 0.25) is 11.8 Å². The SMILES string of the molecule is Cn1cnc(C[C@H](NC(=O)CCN)C(=O)O)c1.Cn1cncc1C[C@H](NC(=O)CCN)C(=O)O. The van der Waals surface area contributed by atoms with Crippen molar-refractivity contribution in [2.45, 2.75) is 37.8 Å². The number of amides is 2. The lowest BCUT2D eigenvalue weighted by atomic mass is 10.1. The van der Waals surface area contributed by atoms with E-state index in [0.717, 1.165) is 5.69 Å². The fourth-order valence-corrected chi connectivity index (χ4v) is 2.77. The van der Waals surface area contributed by atoms with Gasteiger partial charge in [0.15, 0.2) is 0 Å². The molecule has 0 saturated heterocycles. The van der Waals surface area contributed by atoms with Crippen LogP contribution in [0.5, 0.6) is 0 Å². The lowest BCUT2D eigenvalue weighted by Crippen LogP contribution is -2.43. The highest BCUT2D eigenvalue weighted by molar-refractivity contribution is 5.84. The molecule has 34 heavy (non-hydrogen) atoms. The predicted octanol–water partition coefficient (Wildman–Crippen LogP) is -2.24. The second kappa shape index (κ2) is 14.4. The van der Waals surface area contributed by atoms with Gasteiger partial charge in [-0.15, -0.1) is 0 Å². The van der Waals surface area contributed by atoms with Crippen molar-refractivity contribution in [1.82, 2.24) is 29.7 Å². The summed E-state index contributed by atoms with van der Waals surface area (Å²) in [4.78, 5) is 52.4. The molecule has 2 heterocycles. The Labute approximate surface area is 196 Å². The maximum Gasteiger partial charge on any atom is 0.326 e. The van der Waals surface area contributed by atoms with Crippen molar-refractivity contribution in [3.8, 4) is 0 Å². The van der Waals surface area contributed by atoms with E-state index in [4.69, 9.17) is 21.7 Å². The van der Waals surface area contributed by atoms with Crippen molar-refractivity contribution in [2.24, 2.45) is 25.6 Å². The number of imidazole rings is 2. The van der Waals surface area contributed by atoms with Gasteiger partial charge in [-0.25, -0.2) is 19.6 Å². The van der Waals surface area contributed by atoms with Crippen LogP contribution < -0.4 is 22.1 Å². The molecule has 0 spiro atoms. The summed E-state index contributed by atoms with van der Waals surface area (Å²) < 4.78 is 3.43. The van der Waals surface area contributed by atoms with E-state index in [-0.39, 0.29) is 50.6 Å². The first kappa shape index (κ1) is 28.3. The van der Waals surface area contributed by atoms with Crippen LogP contribution in [0.4, 0.5) is 0 Å². The van der Waals surface area contributed by atoms with Crippen LogP contribution in [-0.2, 0) is 46.1 Å². The molecule has 2 rings (SSSR count). The Bertz CT molecular complexity index is 957. The van der Waals surface area contributed by atoms with Gasteiger partial charge in [0, 0.05) is 71.0 Å². The first-order valence-corrected chi connectivity index (χ1v) is 10.4. The summed E-state index contributed by atoms with van der Waals surface area (Å²) in [5.74, 6) is -2.88. The average molecular weight is 481 g/mol. The Balaban J connectivity index is 0.000000340. The summed E-state index contributed by atoms with van der Waals surface area (Å²) in [5, 5.41) is 22.8. The van der Waals surface area contributed by atoms with Crippen molar-refractivity contribution in [2.75, 3.05) is 13.1 Å². The van der Waals surface area contributed by atoms with Crippen molar-refractivity contribution >= 4 is 23.8 Å².